The first kappa shape index (κ1) is 23.6. The summed E-state index contributed by atoms with van der Waals surface area (Å²) in [5, 5.41) is 5.38. The first-order chi connectivity index (χ1) is 16.0. The van der Waals surface area contributed by atoms with Crippen molar-refractivity contribution in [2.45, 2.75) is 0 Å². The zero-order chi connectivity index (χ0) is 23.2. The van der Waals surface area contributed by atoms with Gasteiger partial charge in [-0.15, -0.1) is 11.3 Å². The van der Waals surface area contributed by atoms with Gasteiger partial charge in [-0.1, -0.05) is 11.6 Å². The minimum atomic E-state index is -0.559. The molecule has 0 radical (unpaired) electrons. The fourth-order valence-electron chi connectivity index (χ4n) is 3.50. The van der Waals surface area contributed by atoms with Crippen LogP contribution in [0.15, 0.2) is 47.8 Å². The number of piperazine rings is 1. The molecule has 2 heterocycles. The highest BCUT2D eigenvalue weighted by Crippen LogP contribution is 2.27. The van der Waals surface area contributed by atoms with Gasteiger partial charge in [0.1, 0.15) is 24.0 Å². The zero-order valence-electron chi connectivity index (χ0n) is 17.8. The Morgan fingerprint density at radius 3 is 2.58 bits per heavy atom. The molecule has 1 aliphatic rings. The summed E-state index contributed by atoms with van der Waals surface area (Å²) in [4.78, 5) is 21.0. The van der Waals surface area contributed by atoms with Crippen molar-refractivity contribution in [3.05, 3.63) is 64.5 Å². The standard InChI is InChI=1S/C23H23ClF2N4O2S/c24-16-1-4-18(5-2-16)32-12-11-29-7-9-30(10-8-29)14-22(31)28-23-27-21(15-33-23)19-13-17(25)3-6-20(19)26/h1-6,13,15H,7-12,14H2,(H,27,28,31). The first-order valence-corrected chi connectivity index (χ1v) is 11.8. The molecule has 4 rings (SSSR count). The number of hydrogen-bond donors (Lipinski definition) is 1. The maximum atomic E-state index is 13.9. The third-order valence-corrected chi connectivity index (χ3v) is 6.29. The molecule has 0 aliphatic carbocycles. The van der Waals surface area contributed by atoms with E-state index in [-0.39, 0.29) is 18.0 Å². The van der Waals surface area contributed by atoms with Gasteiger partial charge in [0.2, 0.25) is 5.91 Å². The molecule has 0 atom stereocenters. The predicted octanol–water partition coefficient (Wildman–Crippen LogP) is 4.38. The van der Waals surface area contributed by atoms with Crippen molar-refractivity contribution in [2.75, 3.05) is 51.2 Å². The van der Waals surface area contributed by atoms with E-state index in [1.807, 2.05) is 12.1 Å². The molecule has 0 saturated carbocycles. The molecule has 1 N–H and O–H groups in total. The molecule has 2 aromatic carbocycles. The van der Waals surface area contributed by atoms with E-state index < -0.39 is 11.6 Å². The summed E-state index contributed by atoms with van der Waals surface area (Å²) >= 11 is 7.05. The molecule has 0 spiro atoms. The van der Waals surface area contributed by atoms with Gasteiger partial charge in [-0.3, -0.25) is 14.6 Å². The summed E-state index contributed by atoms with van der Waals surface area (Å²) in [5.41, 5.74) is 0.365. The van der Waals surface area contributed by atoms with Gasteiger partial charge >= 0.3 is 0 Å². The number of aromatic nitrogens is 1. The minimum absolute atomic E-state index is 0.0721. The summed E-state index contributed by atoms with van der Waals surface area (Å²) in [5.74, 6) is -0.494. The number of amides is 1. The number of halogens is 3. The molecular weight excluding hydrogens is 470 g/mol. The maximum Gasteiger partial charge on any atom is 0.240 e. The summed E-state index contributed by atoms with van der Waals surface area (Å²) < 4.78 is 33.1. The van der Waals surface area contributed by atoms with Crippen LogP contribution < -0.4 is 10.1 Å². The molecule has 33 heavy (non-hydrogen) atoms. The highest BCUT2D eigenvalue weighted by atomic mass is 35.5. The average Bonchev–Trinajstić information content (AvgIpc) is 3.26. The molecule has 0 bridgehead atoms. The van der Waals surface area contributed by atoms with E-state index in [4.69, 9.17) is 16.3 Å². The molecule has 0 unspecified atom stereocenters. The number of rotatable bonds is 8. The number of carbonyl (C=O) groups is 1. The second kappa shape index (κ2) is 11.0. The summed E-state index contributed by atoms with van der Waals surface area (Å²) in [6, 6.07) is 10.5. The number of nitrogens with zero attached hydrogens (tertiary/aromatic N) is 3. The van der Waals surface area contributed by atoms with Crippen LogP contribution in [-0.2, 0) is 4.79 Å². The van der Waals surface area contributed by atoms with Gasteiger partial charge < -0.3 is 10.1 Å². The Labute approximate surface area is 199 Å². The van der Waals surface area contributed by atoms with E-state index in [1.54, 1.807) is 17.5 Å². The number of benzene rings is 2. The van der Waals surface area contributed by atoms with E-state index in [2.05, 4.69) is 20.1 Å². The van der Waals surface area contributed by atoms with E-state index in [9.17, 15) is 13.6 Å². The minimum Gasteiger partial charge on any atom is -0.492 e. The van der Waals surface area contributed by atoms with Crippen molar-refractivity contribution >= 4 is 34.0 Å². The normalized spacial score (nSPS) is 14.9. The van der Waals surface area contributed by atoms with E-state index in [0.717, 1.165) is 56.7 Å². The van der Waals surface area contributed by atoms with Crippen LogP contribution in [0.25, 0.3) is 11.3 Å². The zero-order valence-corrected chi connectivity index (χ0v) is 19.3. The van der Waals surface area contributed by atoms with Gasteiger partial charge in [0, 0.05) is 48.7 Å². The Morgan fingerprint density at radius 2 is 1.82 bits per heavy atom. The Morgan fingerprint density at radius 1 is 1.09 bits per heavy atom. The van der Waals surface area contributed by atoms with Crippen molar-refractivity contribution in [3.63, 3.8) is 0 Å². The molecule has 1 fully saturated rings. The lowest BCUT2D eigenvalue weighted by Crippen LogP contribution is -2.49. The van der Waals surface area contributed by atoms with E-state index in [1.165, 1.54) is 11.3 Å². The summed E-state index contributed by atoms with van der Waals surface area (Å²) in [6.07, 6.45) is 0. The third-order valence-electron chi connectivity index (χ3n) is 5.28. The molecule has 1 saturated heterocycles. The molecule has 10 heteroatoms. The van der Waals surface area contributed by atoms with Crippen molar-refractivity contribution < 1.29 is 18.3 Å². The molecule has 3 aromatic rings. The van der Waals surface area contributed by atoms with Crippen LogP contribution in [0.4, 0.5) is 13.9 Å². The van der Waals surface area contributed by atoms with Crippen LogP contribution >= 0.6 is 22.9 Å². The maximum absolute atomic E-state index is 13.9. The number of anilines is 1. The van der Waals surface area contributed by atoms with Gasteiger partial charge in [-0.2, -0.15) is 0 Å². The smallest absolute Gasteiger partial charge is 0.240 e. The lowest BCUT2D eigenvalue weighted by atomic mass is 10.1. The lowest BCUT2D eigenvalue weighted by Gasteiger charge is -2.34. The second-order valence-electron chi connectivity index (χ2n) is 7.63. The molecule has 6 nitrogen and oxygen atoms in total. The van der Waals surface area contributed by atoms with Crippen LogP contribution in [0.1, 0.15) is 0 Å². The number of carbonyl (C=O) groups excluding carboxylic acids is 1. The largest absolute Gasteiger partial charge is 0.492 e. The van der Waals surface area contributed by atoms with Crippen LogP contribution in [0.2, 0.25) is 5.02 Å². The van der Waals surface area contributed by atoms with Gasteiger partial charge in [0.05, 0.1) is 12.2 Å². The number of hydrogen-bond acceptors (Lipinski definition) is 6. The Bertz CT molecular complexity index is 1090. The Balaban J connectivity index is 1.18. The summed E-state index contributed by atoms with van der Waals surface area (Å²) in [6.45, 7) is 4.87. The molecule has 1 aromatic heterocycles. The van der Waals surface area contributed by atoms with E-state index >= 15 is 0 Å². The van der Waals surface area contributed by atoms with Crippen molar-refractivity contribution in [1.29, 1.82) is 0 Å². The topological polar surface area (TPSA) is 57.7 Å². The predicted molar refractivity (Wildman–Crippen MR) is 126 cm³/mol. The summed E-state index contributed by atoms with van der Waals surface area (Å²) in [7, 11) is 0. The van der Waals surface area contributed by atoms with Gasteiger partial charge in [0.25, 0.3) is 0 Å². The highest BCUT2D eigenvalue weighted by Gasteiger charge is 2.20. The Hall–Kier alpha value is -2.59. The van der Waals surface area contributed by atoms with Crippen LogP contribution in [0, 0.1) is 11.6 Å². The monoisotopic (exact) mass is 492 g/mol. The lowest BCUT2D eigenvalue weighted by molar-refractivity contribution is -0.117. The van der Waals surface area contributed by atoms with Crippen molar-refractivity contribution in [2.24, 2.45) is 0 Å². The quantitative estimate of drug-likeness (QED) is 0.506. The molecule has 1 aliphatic heterocycles. The van der Waals surface area contributed by atoms with Crippen LogP contribution in [-0.4, -0.2) is 66.6 Å². The number of ether oxygens (including phenoxy) is 1. The van der Waals surface area contributed by atoms with Gasteiger partial charge in [0.15, 0.2) is 5.13 Å². The highest BCUT2D eigenvalue weighted by molar-refractivity contribution is 7.14. The Kier molecular flexibility index (Phi) is 7.87. The first-order valence-electron chi connectivity index (χ1n) is 10.5. The van der Waals surface area contributed by atoms with Crippen molar-refractivity contribution in [1.82, 2.24) is 14.8 Å². The van der Waals surface area contributed by atoms with Gasteiger partial charge in [-0.05, 0) is 42.5 Å². The molecule has 1 amide bonds. The fraction of sp³-hybridized carbons (Fsp3) is 0.304. The third kappa shape index (κ3) is 6.70. The van der Waals surface area contributed by atoms with Crippen LogP contribution in [0.3, 0.4) is 0 Å². The fourth-order valence-corrected chi connectivity index (χ4v) is 4.36. The molecular formula is C23H23ClF2N4O2S. The molecule has 174 valence electrons. The SMILES string of the molecule is O=C(CN1CCN(CCOc2ccc(Cl)cc2)CC1)Nc1nc(-c2cc(F)ccc2F)cs1. The number of thiazole rings is 1. The average molecular weight is 493 g/mol. The second-order valence-corrected chi connectivity index (χ2v) is 8.92. The van der Waals surface area contributed by atoms with E-state index in [0.29, 0.717) is 22.5 Å². The van der Waals surface area contributed by atoms with Crippen LogP contribution in [0.5, 0.6) is 5.75 Å². The van der Waals surface area contributed by atoms with Gasteiger partial charge in [-0.25, -0.2) is 13.8 Å². The number of nitrogens with one attached hydrogen (secondary N) is 1. The van der Waals surface area contributed by atoms with Crippen molar-refractivity contribution in [3.8, 4) is 17.0 Å².